The van der Waals surface area contributed by atoms with Crippen LogP contribution in [0.3, 0.4) is 0 Å². The van der Waals surface area contributed by atoms with E-state index in [-0.39, 0.29) is 23.9 Å². The van der Waals surface area contributed by atoms with Gasteiger partial charge in [0.1, 0.15) is 0 Å². The summed E-state index contributed by atoms with van der Waals surface area (Å²) in [4.78, 5) is 23.8. The lowest BCUT2D eigenvalue weighted by Gasteiger charge is -2.12. The largest absolute Gasteiger partial charge is 0.392 e. The standard InChI is InChI=1S/C15H21N3O3/c1-9(2)17-14(20)10-3-5-11(6-4-10)18-15(21)13-7-12(19)8-16-13/h3-6,9,12-13,16,19H,7-8H2,1-2H3,(H,17,20)(H,18,21). The van der Waals surface area contributed by atoms with Crippen LogP contribution in [0.4, 0.5) is 5.69 Å². The first kappa shape index (κ1) is 15.5. The topological polar surface area (TPSA) is 90.5 Å². The van der Waals surface area contributed by atoms with Crippen molar-refractivity contribution in [3.05, 3.63) is 29.8 Å². The van der Waals surface area contributed by atoms with Crippen LogP contribution in [0.5, 0.6) is 0 Å². The number of hydrogen-bond donors (Lipinski definition) is 4. The third kappa shape index (κ3) is 4.27. The predicted octanol–water partition coefficient (Wildman–Crippen LogP) is 0.486. The molecule has 2 atom stereocenters. The number of carbonyl (C=O) groups excluding carboxylic acids is 2. The van der Waals surface area contributed by atoms with E-state index >= 15 is 0 Å². The number of aliphatic hydroxyl groups excluding tert-OH is 1. The molecule has 0 bridgehead atoms. The van der Waals surface area contributed by atoms with Gasteiger partial charge in [0, 0.05) is 23.8 Å². The Morgan fingerprint density at radius 1 is 1.29 bits per heavy atom. The molecule has 1 aliphatic rings. The van der Waals surface area contributed by atoms with Crippen LogP contribution in [0.15, 0.2) is 24.3 Å². The molecule has 1 saturated heterocycles. The Morgan fingerprint density at radius 2 is 1.95 bits per heavy atom. The molecule has 6 nitrogen and oxygen atoms in total. The molecule has 2 unspecified atom stereocenters. The monoisotopic (exact) mass is 291 g/mol. The minimum absolute atomic E-state index is 0.0803. The lowest BCUT2D eigenvalue weighted by atomic mass is 10.1. The summed E-state index contributed by atoms with van der Waals surface area (Å²) in [7, 11) is 0. The molecule has 1 aromatic carbocycles. The van der Waals surface area contributed by atoms with Gasteiger partial charge in [0.2, 0.25) is 5.91 Å². The molecule has 6 heteroatoms. The highest BCUT2D eigenvalue weighted by Gasteiger charge is 2.27. The van der Waals surface area contributed by atoms with Gasteiger partial charge in [-0.25, -0.2) is 0 Å². The average Bonchev–Trinajstić information content (AvgIpc) is 2.85. The number of rotatable bonds is 4. The van der Waals surface area contributed by atoms with Crippen molar-refractivity contribution in [2.75, 3.05) is 11.9 Å². The van der Waals surface area contributed by atoms with E-state index in [0.717, 1.165) is 0 Å². The zero-order valence-electron chi connectivity index (χ0n) is 12.2. The van der Waals surface area contributed by atoms with Crippen molar-refractivity contribution in [2.24, 2.45) is 0 Å². The lowest BCUT2D eigenvalue weighted by Crippen LogP contribution is -2.35. The number of hydrogen-bond acceptors (Lipinski definition) is 4. The number of carbonyl (C=O) groups is 2. The molecule has 1 aromatic rings. The maximum absolute atomic E-state index is 12.0. The third-order valence-corrected chi connectivity index (χ3v) is 3.26. The van der Waals surface area contributed by atoms with Crippen molar-refractivity contribution < 1.29 is 14.7 Å². The molecular weight excluding hydrogens is 270 g/mol. The average molecular weight is 291 g/mol. The van der Waals surface area contributed by atoms with E-state index in [1.165, 1.54) is 0 Å². The highest BCUT2D eigenvalue weighted by molar-refractivity contribution is 5.97. The Balaban J connectivity index is 1.93. The van der Waals surface area contributed by atoms with Gasteiger partial charge in [-0.1, -0.05) is 0 Å². The minimum Gasteiger partial charge on any atom is -0.392 e. The van der Waals surface area contributed by atoms with Crippen molar-refractivity contribution in [3.8, 4) is 0 Å². The van der Waals surface area contributed by atoms with E-state index in [1.807, 2.05) is 13.8 Å². The van der Waals surface area contributed by atoms with E-state index in [2.05, 4.69) is 16.0 Å². The highest BCUT2D eigenvalue weighted by Crippen LogP contribution is 2.13. The normalized spacial score (nSPS) is 21.3. The van der Waals surface area contributed by atoms with Crippen molar-refractivity contribution in [2.45, 2.75) is 38.5 Å². The fourth-order valence-electron chi connectivity index (χ4n) is 2.20. The number of aliphatic hydroxyl groups is 1. The maximum atomic E-state index is 12.0. The van der Waals surface area contributed by atoms with Gasteiger partial charge in [-0.15, -0.1) is 0 Å². The van der Waals surface area contributed by atoms with E-state index in [0.29, 0.717) is 24.2 Å². The Kier molecular flexibility index (Phi) is 4.93. The number of benzene rings is 1. The molecule has 21 heavy (non-hydrogen) atoms. The SMILES string of the molecule is CC(C)NC(=O)c1ccc(NC(=O)C2CC(O)CN2)cc1. The summed E-state index contributed by atoms with van der Waals surface area (Å²) in [5, 5.41) is 17.9. The van der Waals surface area contributed by atoms with Gasteiger partial charge in [0.25, 0.3) is 5.91 Å². The Bertz CT molecular complexity index is 513. The van der Waals surface area contributed by atoms with Crippen molar-refractivity contribution in [1.29, 1.82) is 0 Å². The molecule has 2 amide bonds. The zero-order valence-corrected chi connectivity index (χ0v) is 12.2. The Labute approximate surface area is 123 Å². The molecular formula is C15H21N3O3. The third-order valence-electron chi connectivity index (χ3n) is 3.26. The smallest absolute Gasteiger partial charge is 0.251 e. The molecule has 2 rings (SSSR count). The van der Waals surface area contributed by atoms with Crippen LogP contribution in [0, 0.1) is 0 Å². The van der Waals surface area contributed by atoms with Crippen LogP contribution in [-0.4, -0.2) is 41.7 Å². The summed E-state index contributed by atoms with van der Waals surface area (Å²) in [6.45, 7) is 4.23. The summed E-state index contributed by atoms with van der Waals surface area (Å²) in [5.41, 5.74) is 1.18. The first-order chi connectivity index (χ1) is 9.95. The van der Waals surface area contributed by atoms with E-state index in [1.54, 1.807) is 24.3 Å². The summed E-state index contributed by atoms with van der Waals surface area (Å²) < 4.78 is 0. The maximum Gasteiger partial charge on any atom is 0.251 e. The Morgan fingerprint density at radius 3 is 2.48 bits per heavy atom. The van der Waals surface area contributed by atoms with Gasteiger partial charge in [0.15, 0.2) is 0 Å². The first-order valence-corrected chi connectivity index (χ1v) is 7.09. The molecule has 1 heterocycles. The van der Waals surface area contributed by atoms with Gasteiger partial charge in [0.05, 0.1) is 12.1 Å². The molecule has 1 aliphatic heterocycles. The minimum atomic E-state index is -0.470. The van der Waals surface area contributed by atoms with Crippen LogP contribution < -0.4 is 16.0 Å². The van der Waals surface area contributed by atoms with E-state index in [4.69, 9.17) is 0 Å². The molecule has 4 N–H and O–H groups in total. The molecule has 114 valence electrons. The molecule has 0 radical (unpaired) electrons. The summed E-state index contributed by atoms with van der Waals surface area (Å²) >= 11 is 0. The second-order valence-corrected chi connectivity index (χ2v) is 5.55. The van der Waals surface area contributed by atoms with Crippen LogP contribution in [0.25, 0.3) is 0 Å². The zero-order chi connectivity index (χ0) is 15.4. The van der Waals surface area contributed by atoms with Crippen LogP contribution in [0.2, 0.25) is 0 Å². The second-order valence-electron chi connectivity index (χ2n) is 5.55. The van der Waals surface area contributed by atoms with E-state index in [9.17, 15) is 14.7 Å². The van der Waals surface area contributed by atoms with Crippen molar-refractivity contribution in [3.63, 3.8) is 0 Å². The summed E-state index contributed by atoms with van der Waals surface area (Å²) in [5.74, 6) is -0.311. The highest BCUT2D eigenvalue weighted by atomic mass is 16.3. The fraction of sp³-hybridized carbons (Fsp3) is 0.467. The van der Waals surface area contributed by atoms with Gasteiger partial charge in [-0.2, -0.15) is 0 Å². The van der Waals surface area contributed by atoms with Gasteiger partial charge in [-0.3, -0.25) is 9.59 Å². The molecule has 0 saturated carbocycles. The number of nitrogens with one attached hydrogen (secondary N) is 3. The Hall–Kier alpha value is -1.92. The molecule has 1 fully saturated rings. The number of amides is 2. The summed E-state index contributed by atoms with van der Waals surface area (Å²) in [6.07, 6.45) is -0.0522. The second kappa shape index (κ2) is 6.69. The fourth-order valence-corrected chi connectivity index (χ4v) is 2.20. The first-order valence-electron chi connectivity index (χ1n) is 7.09. The van der Waals surface area contributed by atoms with E-state index < -0.39 is 6.10 Å². The number of β-amino-alcohol motifs (C(OH)–C–C–N with tert-alkyl or cyclic N) is 1. The van der Waals surface area contributed by atoms with Gasteiger partial charge in [-0.05, 0) is 44.5 Å². The van der Waals surface area contributed by atoms with Crippen LogP contribution in [-0.2, 0) is 4.79 Å². The molecule has 0 spiro atoms. The quantitative estimate of drug-likeness (QED) is 0.650. The lowest BCUT2D eigenvalue weighted by molar-refractivity contribution is -0.117. The van der Waals surface area contributed by atoms with Crippen molar-refractivity contribution >= 4 is 17.5 Å². The van der Waals surface area contributed by atoms with Crippen LogP contribution in [0.1, 0.15) is 30.6 Å². The van der Waals surface area contributed by atoms with Crippen LogP contribution >= 0.6 is 0 Å². The predicted molar refractivity (Wildman–Crippen MR) is 80.1 cm³/mol. The van der Waals surface area contributed by atoms with Gasteiger partial charge < -0.3 is 21.1 Å². The molecule has 0 aromatic heterocycles. The van der Waals surface area contributed by atoms with Crippen molar-refractivity contribution in [1.82, 2.24) is 10.6 Å². The van der Waals surface area contributed by atoms with Gasteiger partial charge >= 0.3 is 0 Å². The number of anilines is 1. The summed E-state index contributed by atoms with van der Waals surface area (Å²) in [6, 6.07) is 6.44. The molecule has 0 aliphatic carbocycles.